The lowest BCUT2D eigenvalue weighted by Crippen LogP contribution is -2.48. The first kappa shape index (κ1) is 14.9. The Hall–Kier alpha value is -1.69. The summed E-state index contributed by atoms with van der Waals surface area (Å²) in [5.74, 6) is 2.37. The van der Waals surface area contributed by atoms with Gasteiger partial charge in [-0.1, -0.05) is 0 Å². The number of amides is 1. The van der Waals surface area contributed by atoms with Crippen molar-refractivity contribution in [3.05, 3.63) is 18.3 Å². The van der Waals surface area contributed by atoms with Crippen LogP contribution in [0, 0.1) is 17.8 Å². The molecule has 1 aromatic heterocycles. The van der Waals surface area contributed by atoms with Gasteiger partial charge < -0.3 is 15.5 Å². The maximum Gasteiger partial charge on any atom is 0.227 e. The van der Waals surface area contributed by atoms with Crippen molar-refractivity contribution in [1.82, 2.24) is 15.1 Å². The fourth-order valence-corrected chi connectivity index (χ4v) is 4.74. The predicted octanol–water partition coefficient (Wildman–Crippen LogP) is 0.889. The smallest absolute Gasteiger partial charge is 0.227 e. The standard InChI is InChI=1S/C17H25N5O/c18-16-13-5-4-12(11-13)15(16)17(23)22-8-2-7-21(9-10-22)14-3-1-6-19-20-14/h1,3,6,12-13,15-16H,2,4-5,7-11,18H2. The van der Waals surface area contributed by atoms with E-state index in [-0.39, 0.29) is 12.0 Å². The molecule has 23 heavy (non-hydrogen) atoms. The van der Waals surface area contributed by atoms with Gasteiger partial charge in [-0.3, -0.25) is 4.79 Å². The molecule has 1 saturated heterocycles. The number of anilines is 1. The van der Waals surface area contributed by atoms with Crippen molar-refractivity contribution < 1.29 is 4.79 Å². The molecule has 3 fully saturated rings. The molecule has 2 aliphatic carbocycles. The number of aromatic nitrogens is 2. The zero-order valence-corrected chi connectivity index (χ0v) is 13.5. The summed E-state index contributed by atoms with van der Waals surface area (Å²) < 4.78 is 0. The van der Waals surface area contributed by atoms with E-state index < -0.39 is 0 Å². The van der Waals surface area contributed by atoms with Crippen LogP contribution >= 0.6 is 0 Å². The van der Waals surface area contributed by atoms with E-state index in [1.165, 1.54) is 12.8 Å². The third-order valence-corrected chi connectivity index (χ3v) is 5.96. The molecule has 124 valence electrons. The van der Waals surface area contributed by atoms with Crippen molar-refractivity contribution >= 4 is 11.7 Å². The molecule has 0 radical (unpaired) electrons. The first-order valence-electron chi connectivity index (χ1n) is 8.81. The summed E-state index contributed by atoms with van der Waals surface area (Å²) in [7, 11) is 0. The second kappa shape index (κ2) is 6.07. The van der Waals surface area contributed by atoms with Crippen LogP contribution in [0.25, 0.3) is 0 Å². The van der Waals surface area contributed by atoms with Gasteiger partial charge in [-0.15, -0.1) is 5.10 Å². The molecule has 2 saturated carbocycles. The average Bonchev–Trinajstić information content (AvgIpc) is 3.07. The molecule has 1 aliphatic heterocycles. The van der Waals surface area contributed by atoms with Crippen LogP contribution < -0.4 is 10.6 Å². The highest BCUT2D eigenvalue weighted by Crippen LogP contribution is 2.48. The summed E-state index contributed by atoms with van der Waals surface area (Å²) in [5.41, 5.74) is 6.35. The Morgan fingerprint density at radius 3 is 2.78 bits per heavy atom. The van der Waals surface area contributed by atoms with Crippen molar-refractivity contribution in [3.8, 4) is 0 Å². The summed E-state index contributed by atoms with van der Waals surface area (Å²) in [6.07, 6.45) is 6.23. The minimum Gasteiger partial charge on any atom is -0.353 e. The van der Waals surface area contributed by atoms with Crippen molar-refractivity contribution in [3.63, 3.8) is 0 Å². The van der Waals surface area contributed by atoms with Gasteiger partial charge in [-0.2, -0.15) is 5.10 Å². The zero-order chi connectivity index (χ0) is 15.8. The lowest BCUT2D eigenvalue weighted by molar-refractivity contribution is -0.137. The van der Waals surface area contributed by atoms with Crippen LogP contribution in [0.3, 0.4) is 0 Å². The van der Waals surface area contributed by atoms with E-state index in [4.69, 9.17) is 5.73 Å². The van der Waals surface area contributed by atoms with E-state index in [9.17, 15) is 4.79 Å². The van der Waals surface area contributed by atoms with Gasteiger partial charge in [0, 0.05) is 38.4 Å². The van der Waals surface area contributed by atoms with Crippen LogP contribution in [0.4, 0.5) is 5.82 Å². The zero-order valence-electron chi connectivity index (χ0n) is 13.5. The van der Waals surface area contributed by atoms with Crippen LogP contribution in [0.1, 0.15) is 25.7 Å². The fourth-order valence-electron chi connectivity index (χ4n) is 4.74. The molecule has 3 aliphatic rings. The molecule has 2 bridgehead atoms. The van der Waals surface area contributed by atoms with Crippen LogP contribution in [-0.2, 0) is 4.79 Å². The highest BCUT2D eigenvalue weighted by molar-refractivity contribution is 5.80. The van der Waals surface area contributed by atoms with Gasteiger partial charge in [0.15, 0.2) is 5.82 Å². The molecular formula is C17H25N5O. The van der Waals surface area contributed by atoms with Gasteiger partial charge in [0.2, 0.25) is 5.91 Å². The number of hydrogen-bond donors (Lipinski definition) is 1. The minimum absolute atomic E-state index is 0.0665. The van der Waals surface area contributed by atoms with Crippen LogP contribution in [0.2, 0.25) is 0 Å². The molecule has 2 heterocycles. The maximum atomic E-state index is 13.0. The minimum atomic E-state index is 0.0665. The van der Waals surface area contributed by atoms with E-state index >= 15 is 0 Å². The molecule has 0 spiro atoms. The quantitative estimate of drug-likeness (QED) is 0.877. The topological polar surface area (TPSA) is 75.4 Å². The third-order valence-electron chi connectivity index (χ3n) is 5.96. The third kappa shape index (κ3) is 2.69. The number of rotatable bonds is 2. The van der Waals surface area contributed by atoms with Crippen molar-refractivity contribution in [1.29, 1.82) is 0 Å². The maximum absolute atomic E-state index is 13.0. The number of carbonyl (C=O) groups is 1. The Labute approximate surface area is 137 Å². The molecule has 2 N–H and O–H groups in total. The van der Waals surface area contributed by atoms with E-state index in [0.29, 0.717) is 17.7 Å². The Kier molecular flexibility index (Phi) is 3.93. The number of hydrogen-bond acceptors (Lipinski definition) is 5. The van der Waals surface area contributed by atoms with Crippen LogP contribution in [-0.4, -0.2) is 53.2 Å². The Morgan fingerprint density at radius 1 is 1.17 bits per heavy atom. The number of nitrogens with two attached hydrogens (primary N) is 1. The molecule has 0 aromatic carbocycles. The largest absolute Gasteiger partial charge is 0.353 e. The van der Waals surface area contributed by atoms with Crippen LogP contribution in [0.5, 0.6) is 0 Å². The van der Waals surface area contributed by atoms with Gasteiger partial charge in [-0.25, -0.2) is 0 Å². The Morgan fingerprint density at radius 2 is 2.04 bits per heavy atom. The first-order chi connectivity index (χ1) is 11.2. The van der Waals surface area contributed by atoms with Gasteiger partial charge >= 0.3 is 0 Å². The van der Waals surface area contributed by atoms with Crippen molar-refractivity contribution in [2.24, 2.45) is 23.5 Å². The highest BCUT2D eigenvalue weighted by atomic mass is 16.2. The summed E-state index contributed by atoms with van der Waals surface area (Å²) in [4.78, 5) is 17.3. The van der Waals surface area contributed by atoms with E-state index in [2.05, 4.69) is 15.1 Å². The molecule has 1 amide bonds. The van der Waals surface area contributed by atoms with Crippen LogP contribution in [0.15, 0.2) is 18.3 Å². The summed E-state index contributed by atoms with van der Waals surface area (Å²) >= 11 is 0. The van der Waals surface area contributed by atoms with E-state index in [1.807, 2.05) is 17.0 Å². The van der Waals surface area contributed by atoms with Crippen molar-refractivity contribution in [2.45, 2.75) is 31.7 Å². The monoisotopic (exact) mass is 315 g/mol. The first-order valence-corrected chi connectivity index (χ1v) is 8.81. The molecular weight excluding hydrogens is 290 g/mol. The molecule has 4 atom stereocenters. The normalized spacial score (nSPS) is 33.8. The highest BCUT2D eigenvalue weighted by Gasteiger charge is 2.50. The van der Waals surface area contributed by atoms with E-state index in [1.54, 1.807) is 6.20 Å². The summed E-state index contributed by atoms with van der Waals surface area (Å²) in [6, 6.07) is 3.97. The second-order valence-corrected chi connectivity index (χ2v) is 7.18. The van der Waals surface area contributed by atoms with Gasteiger partial charge in [0.1, 0.15) is 0 Å². The SMILES string of the molecule is NC1C2CCC(C2)C1C(=O)N1CCCN(c2cccnn2)CC1. The fraction of sp³-hybridized carbons (Fsp3) is 0.706. The Balaban J connectivity index is 1.42. The second-order valence-electron chi connectivity index (χ2n) is 7.18. The molecule has 6 heteroatoms. The molecule has 4 unspecified atom stereocenters. The van der Waals surface area contributed by atoms with E-state index in [0.717, 1.165) is 44.8 Å². The average molecular weight is 315 g/mol. The molecule has 4 rings (SSSR count). The lowest BCUT2D eigenvalue weighted by atomic mass is 9.84. The summed E-state index contributed by atoms with van der Waals surface area (Å²) in [6.45, 7) is 3.33. The van der Waals surface area contributed by atoms with Crippen molar-refractivity contribution in [2.75, 3.05) is 31.1 Å². The summed E-state index contributed by atoms with van der Waals surface area (Å²) in [5, 5.41) is 8.14. The number of carbonyl (C=O) groups excluding carboxylic acids is 1. The van der Waals surface area contributed by atoms with Gasteiger partial charge in [-0.05, 0) is 49.7 Å². The van der Waals surface area contributed by atoms with Gasteiger partial charge in [0.25, 0.3) is 0 Å². The Bertz CT molecular complexity index is 563. The number of fused-ring (bicyclic) bond motifs is 2. The number of nitrogens with zero attached hydrogens (tertiary/aromatic N) is 4. The molecule has 6 nitrogen and oxygen atoms in total. The predicted molar refractivity (Wildman–Crippen MR) is 87.7 cm³/mol. The van der Waals surface area contributed by atoms with Gasteiger partial charge in [0.05, 0.1) is 5.92 Å². The molecule has 1 aromatic rings. The lowest BCUT2D eigenvalue weighted by Gasteiger charge is -2.32.